The molecule has 1 aliphatic rings. The van der Waals surface area contributed by atoms with Gasteiger partial charge in [0.1, 0.15) is 6.54 Å². The third-order valence-corrected chi connectivity index (χ3v) is 3.74. The van der Waals surface area contributed by atoms with Crippen molar-refractivity contribution in [1.82, 2.24) is 4.98 Å². The van der Waals surface area contributed by atoms with Crippen LogP contribution in [0, 0.1) is 0 Å². The molecule has 0 spiro atoms. The van der Waals surface area contributed by atoms with Crippen molar-refractivity contribution in [2.45, 2.75) is 13.1 Å². The Morgan fingerprint density at radius 1 is 1.50 bits per heavy atom. The van der Waals surface area contributed by atoms with Crippen LogP contribution >= 0.6 is 22.9 Å². The van der Waals surface area contributed by atoms with Gasteiger partial charge in [-0.05, 0) is 6.07 Å². The van der Waals surface area contributed by atoms with E-state index in [0.717, 1.165) is 10.7 Å². The summed E-state index contributed by atoms with van der Waals surface area (Å²) < 4.78 is 2.44. The minimum Gasteiger partial charge on any atom is -1.00 e. The molecule has 1 amide bonds. The summed E-state index contributed by atoms with van der Waals surface area (Å²) in [5.74, 6) is 1.02. The van der Waals surface area contributed by atoms with Crippen molar-refractivity contribution >= 4 is 34.7 Å². The zero-order valence-corrected chi connectivity index (χ0v) is 11.5. The smallest absolute Gasteiger partial charge is 0.352 e. The molecule has 0 saturated carbocycles. The Labute approximate surface area is 119 Å². The topological polar surface area (TPSA) is 37.1 Å². The summed E-state index contributed by atoms with van der Waals surface area (Å²) in [6.07, 6.45) is 3.62. The van der Waals surface area contributed by atoms with Crippen LogP contribution in [0.15, 0.2) is 30.6 Å². The summed E-state index contributed by atoms with van der Waals surface area (Å²) in [6.45, 7) is 0.940. The van der Waals surface area contributed by atoms with E-state index in [1.54, 1.807) is 11.1 Å². The third-order valence-electron chi connectivity index (χ3n) is 2.64. The van der Waals surface area contributed by atoms with Gasteiger partial charge in [0.25, 0.3) is 5.82 Å². The SMILES string of the molecule is O=C1C[n+]2ccccc2N1Cc1cnc(Cl)s1.[Cl-]. The Balaban J connectivity index is 0.00000120. The van der Waals surface area contributed by atoms with Crippen LogP contribution in [-0.2, 0) is 17.9 Å². The van der Waals surface area contributed by atoms with Crippen molar-refractivity contribution in [3.05, 3.63) is 39.9 Å². The molecule has 0 radical (unpaired) electrons. The number of carbonyl (C=O) groups is 1. The lowest BCUT2D eigenvalue weighted by molar-refractivity contribution is -0.664. The quantitative estimate of drug-likeness (QED) is 0.642. The minimum atomic E-state index is 0. The fourth-order valence-corrected chi connectivity index (χ4v) is 2.85. The maximum Gasteiger partial charge on any atom is 0.352 e. The lowest BCUT2D eigenvalue weighted by Crippen LogP contribution is -3.00. The zero-order chi connectivity index (χ0) is 11.8. The van der Waals surface area contributed by atoms with Crippen LogP contribution in [0.3, 0.4) is 0 Å². The lowest BCUT2D eigenvalue weighted by Gasteiger charge is -2.05. The standard InChI is InChI=1S/C11H9ClN3OS.ClH/c12-11-13-5-8(17-11)6-15-9-3-1-2-4-14(9)7-10(15)16;/h1-5H,6-7H2;1H/q+1;/p-1. The molecule has 0 atom stereocenters. The van der Waals surface area contributed by atoms with Gasteiger partial charge < -0.3 is 12.4 Å². The summed E-state index contributed by atoms with van der Waals surface area (Å²) in [4.78, 5) is 18.6. The highest BCUT2D eigenvalue weighted by Crippen LogP contribution is 2.23. The van der Waals surface area contributed by atoms with Gasteiger partial charge in [-0.2, -0.15) is 4.90 Å². The average Bonchev–Trinajstić information content (AvgIpc) is 2.85. The number of rotatable bonds is 2. The van der Waals surface area contributed by atoms with Crippen LogP contribution in [0.5, 0.6) is 0 Å². The molecular formula is C11H9Cl2N3OS. The fourth-order valence-electron chi connectivity index (χ4n) is 1.89. The van der Waals surface area contributed by atoms with Crippen LogP contribution in [-0.4, -0.2) is 10.9 Å². The first-order valence-electron chi connectivity index (χ1n) is 5.13. The molecule has 3 heterocycles. The van der Waals surface area contributed by atoms with Gasteiger partial charge in [-0.15, -0.1) is 11.3 Å². The van der Waals surface area contributed by atoms with Crippen LogP contribution in [0.1, 0.15) is 4.88 Å². The van der Waals surface area contributed by atoms with Gasteiger partial charge in [-0.25, -0.2) is 14.3 Å². The highest BCUT2D eigenvalue weighted by Gasteiger charge is 2.35. The molecule has 18 heavy (non-hydrogen) atoms. The molecule has 0 saturated heterocycles. The van der Waals surface area contributed by atoms with Crippen molar-refractivity contribution in [3.8, 4) is 0 Å². The third kappa shape index (κ3) is 2.34. The fraction of sp³-hybridized carbons (Fsp3) is 0.182. The molecule has 2 aromatic rings. The van der Waals surface area contributed by atoms with Crippen molar-refractivity contribution in [2.24, 2.45) is 0 Å². The minimum absolute atomic E-state index is 0. The molecule has 0 aliphatic carbocycles. The highest BCUT2D eigenvalue weighted by molar-refractivity contribution is 7.15. The Kier molecular flexibility index (Phi) is 3.85. The molecule has 3 rings (SSSR count). The molecule has 0 unspecified atom stereocenters. The van der Waals surface area contributed by atoms with E-state index in [1.807, 2.05) is 29.0 Å². The summed E-state index contributed by atoms with van der Waals surface area (Å²) >= 11 is 7.18. The van der Waals surface area contributed by atoms with E-state index in [2.05, 4.69) is 4.98 Å². The summed E-state index contributed by atoms with van der Waals surface area (Å²) in [6, 6.07) is 5.79. The predicted molar refractivity (Wildman–Crippen MR) is 65.0 cm³/mol. The Morgan fingerprint density at radius 2 is 2.33 bits per heavy atom. The van der Waals surface area contributed by atoms with Gasteiger partial charge in [0.15, 0.2) is 11.0 Å². The van der Waals surface area contributed by atoms with E-state index >= 15 is 0 Å². The first-order chi connectivity index (χ1) is 8.24. The number of fused-ring (bicyclic) bond motifs is 1. The number of aromatic nitrogens is 2. The number of hydrogen-bond acceptors (Lipinski definition) is 3. The molecule has 1 aliphatic heterocycles. The van der Waals surface area contributed by atoms with Crippen LogP contribution in [0.4, 0.5) is 5.82 Å². The van der Waals surface area contributed by atoms with E-state index in [4.69, 9.17) is 11.6 Å². The highest BCUT2D eigenvalue weighted by atomic mass is 35.5. The number of carbonyl (C=O) groups excluding carboxylic acids is 1. The number of hydrogen-bond donors (Lipinski definition) is 0. The molecule has 2 aromatic heterocycles. The summed E-state index contributed by atoms with van der Waals surface area (Å²) in [7, 11) is 0. The number of halogens is 2. The predicted octanol–water partition coefficient (Wildman–Crippen LogP) is -1.37. The van der Waals surface area contributed by atoms with Gasteiger partial charge in [-0.1, -0.05) is 17.7 Å². The Hall–Kier alpha value is -1.17. The molecule has 0 aromatic carbocycles. The summed E-state index contributed by atoms with van der Waals surface area (Å²) in [5.41, 5.74) is 0. The van der Waals surface area contributed by atoms with E-state index in [9.17, 15) is 4.79 Å². The first kappa shape index (κ1) is 13.3. The van der Waals surface area contributed by atoms with Crippen LogP contribution in [0.2, 0.25) is 4.47 Å². The zero-order valence-electron chi connectivity index (χ0n) is 9.22. The molecule has 0 fully saturated rings. The number of anilines is 1. The van der Waals surface area contributed by atoms with Gasteiger partial charge >= 0.3 is 5.91 Å². The first-order valence-corrected chi connectivity index (χ1v) is 6.32. The van der Waals surface area contributed by atoms with Crippen LogP contribution in [0.25, 0.3) is 0 Å². The second-order valence-electron chi connectivity index (χ2n) is 3.75. The van der Waals surface area contributed by atoms with E-state index in [1.165, 1.54) is 11.3 Å². The summed E-state index contributed by atoms with van der Waals surface area (Å²) in [5, 5.41) is 0. The maximum atomic E-state index is 11.9. The normalized spacial score (nSPS) is 13.4. The Bertz CT molecular complexity index is 587. The van der Waals surface area contributed by atoms with Crippen molar-refractivity contribution in [1.29, 1.82) is 0 Å². The molecule has 7 heteroatoms. The molecular weight excluding hydrogens is 293 g/mol. The van der Waals surface area contributed by atoms with E-state index < -0.39 is 0 Å². The monoisotopic (exact) mass is 301 g/mol. The van der Waals surface area contributed by atoms with Gasteiger partial charge in [-0.3, -0.25) is 0 Å². The average molecular weight is 302 g/mol. The van der Waals surface area contributed by atoms with Gasteiger partial charge in [0.2, 0.25) is 0 Å². The van der Waals surface area contributed by atoms with Gasteiger partial charge in [0, 0.05) is 12.3 Å². The lowest BCUT2D eigenvalue weighted by atomic mass is 10.4. The Morgan fingerprint density at radius 3 is 3.06 bits per heavy atom. The number of nitrogens with zero attached hydrogens (tertiary/aromatic N) is 3. The van der Waals surface area contributed by atoms with Gasteiger partial charge in [0.05, 0.1) is 11.1 Å². The van der Waals surface area contributed by atoms with E-state index in [-0.39, 0.29) is 18.3 Å². The molecule has 0 N–H and O–H groups in total. The van der Waals surface area contributed by atoms with Crippen molar-refractivity contribution in [3.63, 3.8) is 0 Å². The molecule has 4 nitrogen and oxygen atoms in total. The second-order valence-corrected chi connectivity index (χ2v) is 5.44. The molecule has 0 bridgehead atoms. The number of pyridine rings is 1. The second kappa shape index (κ2) is 5.22. The van der Waals surface area contributed by atoms with Crippen LogP contribution < -0.4 is 21.9 Å². The largest absolute Gasteiger partial charge is 1.00 e. The van der Waals surface area contributed by atoms with Crippen molar-refractivity contribution < 1.29 is 21.8 Å². The molecule has 94 valence electrons. The van der Waals surface area contributed by atoms with Crippen molar-refractivity contribution in [2.75, 3.05) is 4.90 Å². The maximum absolute atomic E-state index is 11.9. The van der Waals surface area contributed by atoms with E-state index in [0.29, 0.717) is 17.6 Å². The number of amides is 1. The number of thiazole rings is 1.